The lowest BCUT2D eigenvalue weighted by Gasteiger charge is -2.23. The van der Waals surface area contributed by atoms with Crippen molar-refractivity contribution in [2.45, 2.75) is 13.0 Å². The van der Waals surface area contributed by atoms with E-state index >= 15 is 0 Å². The molecular formula is C22H19N3O2. The molecule has 0 bridgehead atoms. The van der Waals surface area contributed by atoms with Crippen molar-refractivity contribution >= 4 is 23.0 Å². The van der Waals surface area contributed by atoms with E-state index in [-0.39, 0.29) is 12.3 Å². The third-order valence-electron chi connectivity index (χ3n) is 4.55. The second-order valence-electron chi connectivity index (χ2n) is 6.29. The summed E-state index contributed by atoms with van der Waals surface area (Å²) in [5, 5.41) is 0. The van der Waals surface area contributed by atoms with Gasteiger partial charge in [-0.1, -0.05) is 30.3 Å². The molecule has 3 aromatic rings. The zero-order valence-electron chi connectivity index (χ0n) is 15.0. The van der Waals surface area contributed by atoms with Crippen LogP contribution < -0.4 is 9.64 Å². The standard InChI is InChI=1S/C22H19N3O2/c1-27-18-7-8-19-21(13-18)25(15-16-5-3-2-4-6-16)22(26)14-20(24-19)17-9-11-23-12-10-17/h2-13H,14-15H2,1H3. The molecule has 0 unspecified atom stereocenters. The van der Waals surface area contributed by atoms with Gasteiger partial charge in [0, 0.05) is 18.5 Å². The van der Waals surface area contributed by atoms with Gasteiger partial charge >= 0.3 is 0 Å². The number of benzene rings is 2. The Labute approximate surface area is 158 Å². The Bertz CT molecular complexity index is 985. The largest absolute Gasteiger partial charge is 0.497 e. The summed E-state index contributed by atoms with van der Waals surface area (Å²) in [6.45, 7) is 0.485. The molecule has 1 amide bonds. The van der Waals surface area contributed by atoms with E-state index in [1.807, 2.05) is 60.7 Å². The number of ether oxygens (including phenoxy) is 1. The number of aliphatic imine (C=N–C) groups is 1. The fourth-order valence-corrected chi connectivity index (χ4v) is 3.15. The summed E-state index contributed by atoms with van der Waals surface area (Å²) in [6.07, 6.45) is 3.65. The summed E-state index contributed by atoms with van der Waals surface area (Å²) in [5.74, 6) is 0.698. The van der Waals surface area contributed by atoms with E-state index in [2.05, 4.69) is 4.98 Å². The third-order valence-corrected chi connectivity index (χ3v) is 4.55. The van der Waals surface area contributed by atoms with Crippen molar-refractivity contribution in [3.63, 3.8) is 0 Å². The Morgan fingerprint density at radius 2 is 1.81 bits per heavy atom. The molecule has 5 nitrogen and oxygen atoms in total. The Morgan fingerprint density at radius 1 is 1.04 bits per heavy atom. The topological polar surface area (TPSA) is 54.8 Å². The van der Waals surface area contributed by atoms with E-state index in [9.17, 15) is 4.79 Å². The molecular weight excluding hydrogens is 338 g/mol. The normalized spacial score (nSPS) is 13.6. The van der Waals surface area contributed by atoms with Gasteiger partial charge in [0.05, 0.1) is 37.2 Å². The highest BCUT2D eigenvalue weighted by Gasteiger charge is 2.25. The third kappa shape index (κ3) is 3.58. The van der Waals surface area contributed by atoms with Crippen LogP contribution in [-0.4, -0.2) is 23.7 Å². The first-order chi connectivity index (χ1) is 13.2. The first-order valence-electron chi connectivity index (χ1n) is 8.75. The second kappa shape index (κ2) is 7.41. The van der Waals surface area contributed by atoms with Crippen LogP contribution in [-0.2, 0) is 11.3 Å². The van der Waals surface area contributed by atoms with Gasteiger partial charge in [0.25, 0.3) is 0 Å². The number of methoxy groups -OCH3 is 1. The van der Waals surface area contributed by atoms with Crippen LogP contribution in [0.5, 0.6) is 5.75 Å². The molecule has 0 saturated heterocycles. The van der Waals surface area contributed by atoms with Gasteiger partial charge in [0.15, 0.2) is 0 Å². The molecule has 2 aromatic carbocycles. The lowest BCUT2D eigenvalue weighted by molar-refractivity contribution is -0.117. The summed E-state index contributed by atoms with van der Waals surface area (Å²) < 4.78 is 5.37. The minimum absolute atomic E-state index is 0.00131. The minimum atomic E-state index is 0.00131. The smallest absolute Gasteiger partial charge is 0.233 e. The summed E-state index contributed by atoms with van der Waals surface area (Å²) in [4.78, 5) is 23.8. The maximum atomic E-state index is 13.2. The van der Waals surface area contributed by atoms with Crippen LogP contribution in [0.4, 0.5) is 11.4 Å². The molecule has 2 heterocycles. The van der Waals surface area contributed by atoms with E-state index in [0.717, 1.165) is 28.2 Å². The van der Waals surface area contributed by atoms with E-state index in [1.165, 1.54) is 0 Å². The van der Waals surface area contributed by atoms with Gasteiger partial charge in [-0.3, -0.25) is 14.8 Å². The Morgan fingerprint density at radius 3 is 2.56 bits per heavy atom. The Balaban J connectivity index is 1.79. The van der Waals surface area contributed by atoms with Gasteiger partial charge in [0.2, 0.25) is 5.91 Å². The van der Waals surface area contributed by atoms with Crippen LogP contribution in [0, 0.1) is 0 Å². The van der Waals surface area contributed by atoms with Gasteiger partial charge in [-0.25, -0.2) is 0 Å². The number of anilines is 1. The number of aromatic nitrogens is 1. The monoisotopic (exact) mass is 357 g/mol. The van der Waals surface area contributed by atoms with Crippen molar-refractivity contribution in [2.24, 2.45) is 4.99 Å². The molecule has 0 atom stereocenters. The zero-order chi connectivity index (χ0) is 18.6. The average molecular weight is 357 g/mol. The van der Waals surface area contributed by atoms with Crippen LogP contribution in [0.1, 0.15) is 17.5 Å². The van der Waals surface area contributed by atoms with Gasteiger partial charge in [-0.05, 0) is 35.4 Å². The average Bonchev–Trinajstić information content (AvgIpc) is 2.86. The highest BCUT2D eigenvalue weighted by Crippen LogP contribution is 2.37. The number of amides is 1. The summed E-state index contributed by atoms with van der Waals surface area (Å²) >= 11 is 0. The lowest BCUT2D eigenvalue weighted by Crippen LogP contribution is -2.31. The van der Waals surface area contributed by atoms with Gasteiger partial charge < -0.3 is 9.64 Å². The first-order valence-corrected chi connectivity index (χ1v) is 8.75. The minimum Gasteiger partial charge on any atom is -0.497 e. The lowest BCUT2D eigenvalue weighted by atomic mass is 10.1. The van der Waals surface area contributed by atoms with Crippen LogP contribution in [0.2, 0.25) is 0 Å². The number of hydrogen-bond acceptors (Lipinski definition) is 4. The van der Waals surface area contributed by atoms with Crippen LogP contribution >= 0.6 is 0 Å². The summed E-state index contributed by atoms with van der Waals surface area (Å²) in [6, 6.07) is 19.3. The molecule has 27 heavy (non-hydrogen) atoms. The quantitative estimate of drug-likeness (QED) is 0.705. The molecule has 0 N–H and O–H groups in total. The van der Waals surface area contributed by atoms with Crippen molar-refractivity contribution in [1.29, 1.82) is 0 Å². The number of carbonyl (C=O) groups excluding carboxylic acids is 1. The first kappa shape index (κ1) is 17.0. The number of rotatable bonds is 4. The Kier molecular flexibility index (Phi) is 4.66. The number of nitrogens with zero attached hydrogens (tertiary/aromatic N) is 3. The molecule has 1 aliphatic heterocycles. The van der Waals surface area contributed by atoms with Crippen molar-refractivity contribution in [3.8, 4) is 5.75 Å². The number of pyridine rings is 1. The van der Waals surface area contributed by atoms with Crippen LogP contribution in [0.3, 0.4) is 0 Å². The van der Waals surface area contributed by atoms with Crippen molar-refractivity contribution < 1.29 is 9.53 Å². The van der Waals surface area contributed by atoms with Crippen LogP contribution in [0.15, 0.2) is 78.0 Å². The van der Waals surface area contributed by atoms with Crippen molar-refractivity contribution in [2.75, 3.05) is 12.0 Å². The van der Waals surface area contributed by atoms with Gasteiger partial charge in [0.1, 0.15) is 5.75 Å². The zero-order valence-corrected chi connectivity index (χ0v) is 15.0. The SMILES string of the molecule is COc1ccc2c(c1)N(Cc1ccccc1)C(=O)CC(c1ccncc1)=N2. The molecule has 0 radical (unpaired) electrons. The fraction of sp³-hybridized carbons (Fsp3) is 0.136. The van der Waals surface area contributed by atoms with E-state index in [4.69, 9.17) is 9.73 Å². The molecule has 0 saturated carbocycles. The van der Waals surface area contributed by atoms with E-state index in [0.29, 0.717) is 12.3 Å². The molecule has 5 heteroatoms. The number of hydrogen-bond donors (Lipinski definition) is 0. The highest BCUT2D eigenvalue weighted by atomic mass is 16.5. The molecule has 1 aliphatic rings. The maximum Gasteiger partial charge on any atom is 0.233 e. The molecule has 1 aromatic heterocycles. The van der Waals surface area contributed by atoms with E-state index < -0.39 is 0 Å². The highest BCUT2D eigenvalue weighted by molar-refractivity contribution is 6.17. The van der Waals surface area contributed by atoms with Crippen LogP contribution in [0.25, 0.3) is 0 Å². The van der Waals surface area contributed by atoms with Crippen molar-refractivity contribution in [1.82, 2.24) is 4.98 Å². The summed E-state index contributed by atoms with van der Waals surface area (Å²) in [7, 11) is 1.62. The summed E-state index contributed by atoms with van der Waals surface area (Å²) in [5.41, 5.74) is 4.22. The van der Waals surface area contributed by atoms with Gasteiger partial charge in [-0.2, -0.15) is 0 Å². The predicted molar refractivity (Wildman–Crippen MR) is 106 cm³/mol. The molecule has 0 aliphatic carbocycles. The van der Waals surface area contributed by atoms with Crippen molar-refractivity contribution in [3.05, 3.63) is 84.2 Å². The predicted octanol–water partition coefficient (Wildman–Crippen LogP) is 4.15. The maximum absolute atomic E-state index is 13.2. The number of carbonyl (C=O) groups is 1. The van der Waals surface area contributed by atoms with E-state index in [1.54, 1.807) is 24.4 Å². The Hall–Kier alpha value is -3.47. The fourth-order valence-electron chi connectivity index (χ4n) is 3.15. The molecule has 0 spiro atoms. The van der Waals surface area contributed by atoms with Gasteiger partial charge in [-0.15, -0.1) is 0 Å². The molecule has 4 rings (SSSR count). The molecule has 0 fully saturated rings. The number of fused-ring (bicyclic) bond motifs is 1. The molecule has 134 valence electrons. The second-order valence-corrected chi connectivity index (χ2v) is 6.29.